The SMILES string of the molecule is Cc1ccc(S(=O)(=O)Nc2ccc(Br)cc2C#N)c(Br)c1. The first kappa shape index (κ1) is 16.0. The maximum atomic E-state index is 12.4. The van der Waals surface area contributed by atoms with E-state index < -0.39 is 10.0 Å². The quantitative estimate of drug-likeness (QED) is 0.794. The Morgan fingerprint density at radius 1 is 1.14 bits per heavy atom. The molecule has 0 aliphatic heterocycles. The number of sulfonamides is 1. The summed E-state index contributed by atoms with van der Waals surface area (Å²) < 4.78 is 28.5. The largest absolute Gasteiger partial charge is 0.278 e. The summed E-state index contributed by atoms with van der Waals surface area (Å²) in [4.78, 5) is 0.125. The first-order chi connectivity index (χ1) is 9.83. The van der Waals surface area contributed by atoms with E-state index in [1.807, 2.05) is 13.0 Å². The van der Waals surface area contributed by atoms with Crippen LogP contribution in [0.1, 0.15) is 11.1 Å². The summed E-state index contributed by atoms with van der Waals surface area (Å²) in [5, 5.41) is 9.09. The standard InChI is InChI=1S/C14H10Br2N2O2S/c1-9-2-5-14(12(16)6-9)21(19,20)18-13-4-3-11(15)7-10(13)8-17/h2-7,18H,1H3. The topological polar surface area (TPSA) is 70.0 Å². The van der Waals surface area contributed by atoms with Crippen molar-refractivity contribution in [1.82, 2.24) is 0 Å². The number of anilines is 1. The molecule has 2 rings (SSSR count). The predicted octanol–water partition coefficient (Wildman–Crippen LogP) is 4.19. The number of nitrogens with zero attached hydrogens (tertiary/aromatic N) is 1. The molecular formula is C14H10Br2N2O2S. The van der Waals surface area contributed by atoms with E-state index in [1.165, 1.54) is 6.07 Å². The molecule has 0 saturated heterocycles. The third-order valence-electron chi connectivity index (χ3n) is 2.72. The Balaban J connectivity index is 2.45. The van der Waals surface area contributed by atoms with Gasteiger partial charge in [0, 0.05) is 8.95 Å². The van der Waals surface area contributed by atoms with Crippen LogP contribution in [-0.2, 0) is 10.0 Å². The fourth-order valence-electron chi connectivity index (χ4n) is 1.72. The highest BCUT2D eigenvalue weighted by atomic mass is 79.9. The van der Waals surface area contributed by atoms with Crippen LogP contribution >= 0.6 is 31.9 Å². The lowest BCUT2D eigenvalue weighted by atomic mass is 10.2. The number of rotatable bonds is 3. The fourth-order valence-corrected chi connectivity index (χ4v) is 4.36. The van der Waals surface area contributed by atoms with E-state index in [4.69, 9.17) is 5.26 Å². The third-order valence-corrected chi connectivity index (χ3v) is 5.56. The van der Waals surface area contributed by atoms with Crippen LogP contribution in [0.4, 0.5) is 5.69 Å². The zero-order valence-electron chi connectivity index (χ0n) is 10.9. The molecule has 1 N–H and O–H groups in total. The molecule has 2 aromatic carbocycles. The van der Waals surface area contributed by atoms with Crippen molar-refractivity contribution >= 4 is 47.6 Å². The number of hydrogen-bond acceptors (Lipinski definition) is 3. The molecule has 0 bridgehead atoms. The Morgan fingerprint density at radius 2 is 1.86 bits per heavy atom. The molecule has 0 fully saturated rings. The second kappa shape index (κ2) is 6.18. The number of nitrogens with one attached hydrogen (secondary N) is 1. The number of halogens is 2. The molecule has 0 unspecified atom stereocenters. The third kappa shape index (κ3) is 3.64. The summed E-state index contributed by atoms with van der Waals surface area (Å²) in [6.45, 7) is 1.87. The minimum absolute atomic E-state index is 0.125. The zero-order valence-corrected chi connectivity index (χ0v) is 14.9. The van der Waals surface area contributed by atoms with Gasteiger partial charge in [-0.25, -0.2) is 8.42 Å². The van der Waals surface area contributed by atoms with Crippen LogP contribution in [0.2, 0.25) is 0 Å². The molecule has 4 nitrogen and oxygen atoms in total. The molecule has 2 aromatic rings. The lowest BCUT2D eigenvalue weighted by molar-refractivity contribution is 0.600. The molecule has 0 aromatic heterocycles. The molecule has 0 amide bonds. The summed E-state index contributed by atoms with van der Waals surface area (Å²) in [5.41, 5.74) is 1.44. The van der Waals surface area contributed by atoms with Gasteiger partial charge in [0.2, 0.25) is 0 Å². The predicted molar refractivity (Wildman–Crippen MR) is 88.5 cm³/mol. The Kier molecular flexibility index (Phi) is 4.71. The zero-order chi connectivity index (χ0) is 15.6. The van der Waals surface area contributed by atoms with Gasteiger partial charge >= 0.3 is 0 Å². The van der Waals surface area contributed by atoms with E-state index >= 15 is 0 Å². The van der Waals surface area contributed by atoms with E-state index in [2.05, 4.69) is 36.6 Å². The van der Waals surface area contributed by atoms with Gasteiger partial charge in [-0.15, -0.1) is 0 Å². The van der Waals surface area contributed by atoms with Gasteiger partial charge in [-0.1, -0.05) is 22.0 Å². The number of nitriles is 1. The highest BCUT2D eigenvalue weighted by Crippen LogP contribution is 2.27. The highest BCUT2D eigenvalue weighted by Gasteiger charge is 2.19. The van der Waals surface area contributed by atoms with Crippen molar-refractivity contribution in [3.63, 3.8) is 0 Å². The maximum absolute atomic E-state index is 12.4. The lowest BCUT2D eigenvalue weighted by Crippen LogP contribution is -2.14. The van der Waals surface area contributed by atoms with Crippen molar-refractivity contribution < 1.29 is 8.42 Å². The van der Waals surface area contributed by atoms with Gasteiger partial charge in [-0.2, -0.15) is 5.26 Å². The molecule has 0 aliphatic rings. The molecule has 0 aliphatic carbocycles. The molecule has 7 heteroatoms. The summed E-state index contributed by atoms with van der Waals surface area (Å²) in [6.07, 6.45) is 0. The molecular weight excluding hydrogens is 420 g/mol. The first-order valence-corrected chi connectivity index (χ1v) is 8.89. The molecule has 0 saturated carbocycles. The van der Waals surface area contributed by atoms with Crippen molar-refractivity contribution in [2.75, 3.05) is 4.72 Å². The Bertz CT molecular complexity index is 843. The van der Waals surface area contributed by atoms with E-state index in [9.17, 15) is 8.42 Å². The van der Waals surface area contributed by atoms with Crippen molar-refractivity contribution in [3.8, 4) is 6.07 Å². The van der Waals surface area contributed by atoms with Crippen LogP contribution in [0.5, 0.6) is 0 Å². The van der Waals surface area contributed by atoms with Gasteiger partial charge in [0.25, 0.3) is 10.0 Å². The van der Waals surface area contributed by atoms with E-state index in [-0.39, 0.29) is 16.1 Å². The maximum Gasteiger partial charge on any atom is 0.263 e. The molecule has 0 atom stereocenters. The van der Waals surface area contributed by atoms with Crippen LogP contribution in [0, 0.1) is 18.3 Å². The van der Waals surface area contributed by atoms with Crippen molar-refractivity contribution in [1.29, 1.82) is 5.26 Å². The lowest BCUT2D eigenvalue weighted by Gasteiger charge is -2.11. The second-order valence-corrected chi connectivity index (χ2v) is 7.76. The smallest absolute Gasteiger partial charge is 0.263 e. The second-order valence-electron chi connectivity index (χ2n) is 4.34. The van der Waals surface area contributed by atoms with E-state index in [0.717, 1.165) is 5.56 Å². The number of benzene rings is 2. The molecule has 108 valence electrons. The normalized spacial score (nSPS) is 11.0. The van der Waals surface area contributed by atoms with Crippen molar-refractivity contribution in [3.05, 3.63) is 56.5 Å². The summed E-state index contributed by atoms with van der Waals surface area (Å²) in [5.74, 6) is 0. The Hall–Kier alpha value is -1.36. The van der Waals surface area contributed by atoms with Crippen LogP contribution in [-0.4, -0.2) is 8.42 Å². The first-order valence-electron chi connectivity index (χ1n) is 5.82. The monoisotopic (exact) mass is 428 g/mol. The van der Waals surface area contributed by atoms with Gasteiger partial charge < -0.3 is 0 Å². The van der Waals surface area contributed by atoms with Crippen molar-refractivity contribution in [2.45, 2.75) is 11.8 Å². The van der Waals surface area contributed by atoms with Gasteiger partial charge in [0.1, 0.15) is 11.0 Å². The van der Waals surface area contributed by atoms with Crippen LogP contribution in [0.15, 0.2) is 50.2 Å². The summed E-state index contributed by atoms with van der Waals surface area (Å²) in [7, 11) is -3.77. The van der Waals surface area contributed by atoms with Crippen LogP contribution < -0.4 is 4.72 Å². The molecule has 0 radical (unpaired) electrons. The van der Waals surface area contributed by atoms with E-state index in [0.29, 0.717) is 8.95 Å². The van der Waals surface area contributed by atoms with Gasteiger partial charge in [0.05, 0.1) is 11.3 Å². The average molecular weight is 430 g/mol. The van der Waals surface area contributed by atoms with Gasteiger partial charge in [-0.05, 0) is 58.7 Å². The minimum atomic E-state index is -3.77. The van der Waals surface area contributed by atoms with Gasteiger partial charge in [-0.3, -0.25) is 4.72 Å². The number of aryl methyl sites for hydroxylation is 1. The average Bonchev–Trinajstić information content (AvgIpc) is 2.40. The van der Waals surface area contributed by atoms with E-state index in [1.54, 1.807) is 30.3 Å². The van der Waals surface area contributed by atoms with Gasteiger partial charge in [0.15, 0.2) is 0 Å². The molecule has 0 heterocycles. The highest BCUT2D eigenvalue weighted by molar-refractivity contribution is 9.10. The number of hydrogen-bond donors (Lipinski definition) is 1. The Labute approximate surface area is 140 Å². The van der Waals surface area contributed by atoms with Crippen LogP contribution in [0.3, 0.4) is 0 Å². The summed E-state index contributed by atoms with van der Waals surface area (Å²) in [6, 6.07) is 11.7. The minimum Gasteiger partial charge on any atom is -0.278 e. The molecule has 0 spiro atoms. The van der Waals surface area contributed by atoms with Crippen molar-refractivity contribution in [2.24, 2.45) is 0 Å². The summed E-state index contributed by atoms with van der Waals surface area (Å²) >= 11 is 6.50. The fraction of sp³-hybridized carbons (Fsp3) is 0.0714. The van der Waals surface area contributed by atoms with Crippen LogP contribution in [0.25, 0.3) is 0 Å². The molecule has 21 heavy (non-hydrogen) atoms. The Morgan fingerprint density at radius 3 is 2.48 bits per heavy atom.